The summed E-state index contributed by atoms with van der Waals surface area (Å²) in [5.41, 5.74) is -0.484. The molecule has 2 N–H and O–H groups in total. The van der Waals surface area contributed by atoms with Gasteiger partial charge in [-0.1, -0.05) is 0 Å². The van der Waals surface area contributed by atoms with Gasteiger partial charge in [-0.15, -0.1) is 11.3 Å². The number of aryl methyl sites for hydroxylation is 2. The van der Waals surface area contributed by atoms with Crippen molar-refractivity contribution in [3.63, 3.8) is 0 Å². The van der Waals surface area contributed by atoms with E-state index in [2.05, 4.69) is 16.8 Å². The van der Waals surface area contributed by atoms with Crippen LogP contribution in [0, 0.1) is 13.8 Å². The predicted molar refractivity (Wildman–Crippen MR) is 86.0 cm³/mol. The summed E-state index contributed by atoms with van der Waals surface area (Å²) in [7, 11) is 0. The minimum absolute atomic E-state index is 0.499. The molecule has 3 heterocycles. The Hall–Kier alpha value is -0.530. The molecule has 0 aliphatic carbocycles. The molecule has 2 atom stereocenters. The largest absolute Gasteiger partial charge is 0.387 e. The molecule has 3 rings (SSSR count). The van der Waals surface area contributed by atoms with Crippen molar-refractivity contribution in [2.45, 2.75) is 63.9 Å². The van der Waals surface area contributed by atoms with Crippen molar-refractivity contribution < 1.29 is 14.9 Å². The predicted octanol–water partition coefficient (Wildman–Crippen LogP) is 1.63. The summed E-state index contributed by atoms with van der Waals surface area (Å²) < 4.78 is 5.93. The lowest BCUT2D eigenvalue weighted by Crippen LogP contribution is -2.64. The number of aliphatic hydroxyl groups excluding tert-OH is 1. The van der Waals surface area contributed by atoms with E-state index in [-0.39, 0.29) is 0 Å². The van der Waals surface area contributed by atoms with Crippen LogP contribution < -0.4 is 0 Å². The second-order valence-corrected chi connectivity index (χ2v) is 8.23. The van der Waals surface area contributed by atoms with Crippen LogP contribution in [-0.2, 0) is 11.3 Å². The van der Waals surface area contributed by atoms with Gasteiger partial charge in [0.1, 0.15) is 6.10 Å². The molecule has 1 aromatic heterocycles. The number of likely N-dealkylation sites (tertiary alicyclic amines) is 1. The number of thiazole rings is 1. The van der Waals surface area contributed by atoms with Crippen LogP contribution in [-0.4, -0.2) is 57.1 Å². The van der Waals surface area contributed by atoms with E-state index < -0.39 is 17.3 Å². The van der Waals surface area contributed by atoms with E-state index in [0.717, 1.165) is 43.2 Å². The molecule has 0 amide bonds. The van der Waals surface area contributed by atoms with Gasteiger partial charge in [-0.05, 0) is 33.6 Å². The normalized spacial score (nSPS) is 32.5. The first-order chi connectivity index (χ1) is 10.3. The van der Waals surface area contributed by atoms with Crippen molar-refractivity contribution >= 4 is 11.3 Å². The van der Waals surface area contributed by atoms with E-state index in [1.807, 2.05) is 6.92 Å². The maximum absolute atomic E-state index is 10.5. The van der Waals surface area contributed by atoms with Crippen LogP contribution in [0.15, 0.2) is 0 Å². The average molecular weight is 326 g/mol. The van der Waals surface area contributed by atoms with Crippen molar-refractivity contribution in [2.24, 2.45) is 0 Å². The van der Waals surface area contributed by atoms with Gasteiger partial charge < -0.3 is 14.9 Å². The maximum atomic E-state index is 10.5. The fourth-order valence-corrected chi connectivity index (χ4v) is 4.65. The van der Waals surface area contributed by atoms with Gasteiger partial charge in [-0.3, -0.25) is 4.90 Å². The van der Waals surface area contributed by atoms with Crippen molar-refractivity contribution in [3.05, 3.63) is 15.6 Å². The van der Waals surface area contributed by atoms with Gasteiger partial charge in [0.2, 0.25) is 0 Å². The number of ether oxygens (including phenoxy) is 1. The van der Waals surface area contributed by atoms with Crippen LogP contribution in [0.4, 0.5) is 0 Å². The number of nitrogens with zero attached hydrogens (tertiary/aromatic N) is 2. The van der Waals surface area contributed by atoms with Crippen LogP contribution in [0.3, 0.4) is 0 Å². The number of hydrogen-bond donors (Lipinski definition) is 2. The zero-order chi connectivity index (χ0) is 16.0. The van der Waals surface area contributed by atoms with E-state index in [4.69, 9.17) is 4.74 Å². The molecule has 22 heavy (non-hydrogen) atoms. The Kier molecular flexibility index (Phi) is 4.33. The zero-order valence-electron chi connectivity index (χ0n) is 13.6. The highest BCUT2D eigenvalue weighted by molar-refractivity contribution is 7.11. The Balaban J connectivity index is 1.64. The van der Waals surface area contributed by atoms with Gasteiger partial charge in [0.05, 0.1) is 28.5 Å². The number of piperidine rings is 1. The summed E-state index contributed by atoms with van der Waals surface area (Å²) >= 11 is 1.76. The second kappa shape index (κ2) is 5.83. The third-order valence-corrected chi connectivity index (χ3v) is 6.21. The standard InChI is InChI=1S/C16H26N2O3S/c1-11-13(22-12(2)17-11)10-18-7-4-16(5-8-18)14(19)15(3,20)6-9-21-16/h14,19-20H,4-10H2,1-3H3/t14-,15+/m0/s1. The molecule has 2 fully saturated rings. The van der Waals surface area contributed by atoms with Crippen LogP contribution in [0.25, 0.3) is 0 Å². The topological polar surface area (TPSA) is 65.8 Å². The van der Waals surface area contributed by atoms with E-state index in [9.17, 15) is 10.2 Å². The molecule has 124 valence electrons. The highest BCUT2D eigenvalue weighted by atomic mass is 32.1. The SMILES string of the molecule is Cc1nc(C)c(CN2CCC3(CC2)OCC[C@@](C)(O)[C@@H]3O)s1. The van der Waals surface area contributed by atoms with Crippen molar-refractivity contribution in [2.75, 3.05) is 19.7 Å². The number of rotatable bonds is 2. The smallest absolute Gasteiger partial charge is 0.111 e. The molecule has 2 aliphatic rings. The summed E-state index contributed by atoms with van der Waals surface area (Å²) in [6.45, 7) is 9.03. The highest BCUT2D eigenvalue weighted by Gasteiger charge is 2.52. The van der Waals surface area contributed by atoms with Gasteiger partial charge in [0.25, 0.3) is 0 Å². The van der Waals surface area contributed by atoms with Crippen LogP contribution in [0.1, 0.15) is 41.8 Å². The van der Waals surface area contributed by atoms with E-state index in [1.165, 1.54) is 4.88 Å². The van der Waals surface area contributed by atoms with E-state index >= 15 is 0 Å². The lowest BCUT2D eigenvalue weighted by molar-refractivity contribution is -0.246. The lowest BCUT2D eigenvalue weighted by Gasteiger charge is -2.51. The molecule has 2 saturated heterocycles. The van der Waals surface area contributed by atoms with Crippen LogP contribution in [0.2, 0.25) is 0 Å². The first-order valence-corrected chi connectivity index (χ1v) is 8.84. The Labute approximate surface area is 135 Å². The Morgan fingerprint density at radius 2 is 2.00 bits per heavy atom. The van der Waals surface area contributed by atoms with Crippen LogP contribution in [0.5, 0.6) is 0 Å². The van der Waals surface area contributed by atoms with Gasteiger partial charge in [-0.25, -0.2) is 4.98 Å². The van der Waals surface area contributed by atoms with Gasteiger partial charge in [-0.2, -0.15) is 0 Å². The molecule has 1 spiro atoms. The van der Waals surface area contributed by atoms with E-state index in [0.29, 0.717) is 13.0 Å². The molecular weight excluding hydrogens is 300 g/mol. The second-order valence-electron chi connectivity index (χ2n) is 6.94. The molecule has 0 aromatic carbocycles. The first-order valence-electron chi connectivity index (χ1n) is 8.02. The molecule has 0 radical (unpaired) electrons. The number of hydrogen-bond acceptors (Lipinski definition) is 6. The molecule has 0 bridgehead atoms. The molecule has 2 aliphatic heterocycles. The van der Waals surface area contributed by atoms with Gasteiger partial charge >= 0.3 is 0 Å². The van der Waals surface area contributed by atoms with Gasteiger partial charge in [0.15, 0.2) is 0 Å². The highest BCUT2D eigenvalue weighted by Crippen LogP contribution is 2.40. The summed E-state index contributed by atoms with van der Waals surface area (Å²) in [5, 5.41) is 22.0. The number of aromatic nitrogens is 1. The lowest BCUT2D eigenvalue weighted by atomic mass is 9.75. The zero-order valence-corrected chi connectivity index (χ0v) is 14.4. The quantitative estimate of drug-likeness (QED) is 0.865. The number of aliphatic hydroxyl groups is 2. The van der Waals surface area contributed by atoms with Crippen LogP contribution >= 0.6 is 11.3 Å². The third kappa shape index (κ3) is 2.95. The first kappa shape index (κ1) is 16.3. The Bertz CT molecular complexity index is 535. The van der Waals surface area contributed by atoms with Crippen molar-refractivity contribution in [1.82, 2.24) is 9.88 Å². The minimum Gasteiger partial charge on any atom is -0.387 e. The monoisotopic (exact) mass is 326 g/mol. The maximum Gasteiger partial charge on any atom is 0.111 e. The molecule has 1 aromatic rings. The summed E-state index contributed by atoms with van der Waals surface area (Å²) in [5.74, 6) is 0. The van der Waals surface area contributed by atoms with Gasteiger partial charge in [0, 0.05) is 30.9 Å². The molecular formula is C16H26N2O3S. The minimum atomic E-state index is -1.04. The summed E-state index contributed by atoms with van der Waals surface area (Å²) in [6.07, 6.45) is 1.23. The average Bonchev–Trinajstić information content (AvgIpc) is 2.77. The fourth-order valence-electron chi connectivity index (χ4n) is 3.67. The van der Waals surface area contributed by atoms with E-state index in [1.54, 1.807) is 18.3 Å². The third-order valence-electron chi connectivity index (χ3n) is 5.15. The summed E-state index contributed by atoms with van der Waals surface area (Å²) in [4.78, 5) is 8.20. The Morgan fingerprint density at radius 1 is 1.32 bits per heavy atom. The Morgan fingerprint density at radius 3 is 2.59 bits per heavy atom. The summed E-state index contributed by atoms with van der Waals surface area (Å²) in [6, 6.07) is 0. The molecule has 5 nitrogen and oxygen atoms in total. The molecule has 0 saturated carbocycles. The molecule has 0 unspecified atom stereocenters. The molecule has 6 heteroatoms. The fraction of sp³-hybridized carbons (Fsp3) is 0.812. The van der Waals surface area contributed by atoms with Crippen molar-refractivity contribution in [3.8, 4) is 0 Å². The van der Waals surface area contributed by atoms with Crippen molar-refractivity contribution in [1.29, 1.82) is 0 Å².